The van der Waals surface area contributed by atoms with Gasteiger partial charge in [0.15, 0.2) is 0 Å². The Labute approximate surface area is 164 Å². The van der Waals surface area contributed by atoms with Crippen LogP contribution in [-0.4, -0.2) is 47.8 Å². The summed E-state index contributed by atoms with van der Waals surface area (Å²) in [4.78, 5) is 29.5. The predicted molar refractivity (Wildman–Crippen MR) is 107 cm³/mol. The molecule has 8 heteroatoms. The highest BCUT2D eigenvalue weighted by molar-refractivity contribution is 9.10. The first-order chi connectivity index (χ1) is 12.0. The number of amides is 2. The zero-order chi connectivity index (χ0) is 18.1. The van der Waals surface area contributed by atoms with Crippen molar-refractivity contribution in [1.82, 2.24) is 4.90 Å². The molecule has 5 nitrogen and oxygen atoms in total. The minimum absolute atomic E-state index is 0.137. The quantitative estimate of drug-likeness (QED) is 0.518. The monoisotopic (exact) mass is 440 g/mol. The van der Waals surface area contributed by atoms with Gasteiger partial charge in [0.05, 0.1) is 29.3 Å². The summed E-state index contributed by atoms with van der Waals surface area (Å²) >= 11 is 9.98. The number of carbonyl (C=O) groups is 2. The van der Waals surface area contributed by atoms with Gasteiger partial charge in [0.2, 0.25) is 0 Å². The number of fused-ring (bicyclic) bond motifs is 1. The lowest BCUT2D eigenvalue weighted by atomic mass is 10.1. The van der Waals surface area contributed by atoms with Crippen LogP contribution in [0, 0.1) is 0 Å². The Bertz CT molecular complexity index is 794. The van der Waals surface area contributed by atoms with Crippen LogP contribution in [0.3, 0.4) is 0 Å². The number of methoxy groups -OCH3 is 1. The van der Waals surface area contributed by atoms with Crippen molar-refractivity contribution in [3.8, 4) is 0 Å². The molecule has 0 saturated carbocycles. The normalized spacial score (nSPS) is 20.0. The van der Waals surface area contributed by atoms with E-state index in [1.807, 2.05) is 25.1 Å². The molecule has 0 spiro atoms. The summed E-state index contributed by atoms with van der Waals surface area (Å²) in [7, 11) is 1.58. The van der Waals surface area contributed by atoms with Crippen molar-refractivity contribution in [1.29, 1.82) is 0 Å². The Hall–Kier alpha value is -1.22. The number of halogens is 1. The second kappa shape index (κ2) is 7.57. The van der Waals surface area contributed by atoms with Crippen molar-refractivity contribution >= 4 is 67.3 Å². The molecule has 1 fully saturated rings. The van der Waals surface area contributed by atoms with Crippen molar-refractivity contribution < 1.29 is 14.3 Å². The van der Waals surface area contributed by atoms with Crippen molar-refractivity contribution in [2.75, 3.05) is 31.7 Å². The minimum atomic E-state index is -0.223. The first-order valence-electron chi connectivity index (χ1n) is 7.88. The molecule has 2 aliphatic rings. The smallest absolute Gasteiger partial charge is 0.267 e. The summed E-state index contributed by atoms with van der Waals surface area (Å²) in [5, 5.41) is 0. The van der Waals surface area contributed by atoms with Gasteiger partial charge >= 0.3 is 0 Å². The van der Waals surface area contributed by atoms with Crippen molar-refractivity contribution in [3.63, 3.8) is 0 Å². The van der Waals surface area contributed by atoms with E-state index >= 15 is 0 Å². The number of anilines is 1. The molecule has 25 heavy (non-hydrogen) atoms. The van der Waals surface area contributed by atoms with Crippen molar-refractivity contribution in [2.24, 2.45) is 0 Å². The largest absolute Gasteiger partial charge is 0.383 e. The van der Waals surface area contributed by atoms with E-state index in [2.05, 4.69) is 15.9 Å². The number of thioether (sulfide) groups is 1. The summed E-state index contributed by atoms with van der Waals surface area (Å²) in [6, 6.07) is 5.70. The third-order valence-electron chi connectivity index (χ3n) is 4.02. The lowest BCUT2D eigenvalue weighted by Crippen LogP contribution is -2.32. The number of hydrogen-bond acceptors (Lipinski definition) is 5. The average Bonchev–Trinajstić information content (AvgIpc) is 3.00. The molecular weight excluding hydrogens is 424 g/mol. The van der Waals surface area contributed by atoms with Gasteiger partial charge in [-0.1, -0.05) is 46.8 Å². The number of benzene rings is 1. The SMILES string of the molecule is CCCN1C(=O)/C(=C2/SC(=S)N(CCOC)C2=O)c2cc(Br)ccc21. The molecule has 2 amide bonds. The van der Waals surface area contributed by atoms with Gasteiger partial charge in [0.25, 0.3) is 11.8 Å². The van der Waals surface area contributed by atoms with Gasteiger partial charge in [0.1, 0.15) is 4.32 Å². The standard InChI is InChI=1S/C17H17BrN2O3S2/c1-3-6-19-12-5-4-10(18)9-11(12)13(15(19)21)14-16(22)20(7-8-23-2)17(24)25-14/h4-5,9H,3,6-8H2,1-2H3/b14-13+. The molecule has 0 aliphatic carbocycles. The van der Waals surface area contributed by atoms with Crippen molar-refractivity contribution in [2.45, 2.75) is 13.3 Å². The van der Waals surface area contributed by atoms with Gasteiger partial charge in [-0.05, 0) is 24.6 Å². The van der Waals surface area contributed by atoms with Crippen LogP contribution in [-0.2, 0) is 14.3 Å². The predicted octanol–water partition coefficient (Wildman–Crippen LogP) is 3.42. The van der Waals surface area contributed by atoms with E-state index < -0.39 is 0 Å². The second-order valence-corrected chi connectivity index (χ2v) is 8.20. The second-order valence-electron chi connectivity index (χ2n) is 5.64. The van der Waals surface area contributed by atoms with Gasteiger partial charge in [-0.3, -0.25) is 14.5 Å². The fourth-order valence-electron chi connectivity index (χ4n) is 2.89. The van der Waals surface area contributed by atoms with Crippen LogP contribution in [0.2, 0.25) is 0 Å². The van der Waals surface area contributed by atoms with Gasteiger partial charge < -0.3 is 9.64 Å². The number of hydrogen-bond donors (Lipinski definition) is 0. The van der Waals surface area contributed by atoms with E-state index in [0.717, 1.165) is 22.1 Å². The fourth-order valence-corrected chi connectivity index (χ4v) is 4.63. The maximum atomic E-state index is 13.0. The zero-order valence-corrected chi connectivity index (χ0v) is 17.1. The topological polar surface area (TPSA) is 49.9 Å². The maximum Gasteiger partial charge on any atom is 0.267 e. The van der Waals surface area contributed by atoms with Crippen LogP contribution in [0.4, 0.5) is 5.69 Å². The van der Waals surface area contributed by atoms with Gasteiger partial charge in [0, 0.05) is 23.7 Å². The van der Waals surface area contributed by atoms with E-state index in [1.165, 1.54) is 16.7 Å². The molecule has 0 unspecified atom stereocenters. The maximum absolute atomic E-state index is 13.0. The molecule has 1 aromatic rings. The Morgan fingerprint density at radius 1 is 1.20 bits per heavy atom. The number of nitrogens with zero attached hydrogens (tertiary/aromatic N) is 2. The molecule has 1 saturated heterocycles. The molecule has 0 radical (unpaired) electrons. The highest BCUT2D eigenvalue weighted by Gasteiger charge is 2.41. The van der Waals surface area contributed by atoms with Gasteiger partial charge in [-0.15, -0.1) is 0 Å². The van der Waals surface area contributed by atoms with Crippen molar-refractivity contribution in [3.05, 3.63) is 33.1 Å². The van der Waals surface area contributed by atoms with Gasteiger partial charge in [-0.25, -0.2) is 0 Å². The highest BCUT2D eigenvalue weighted by atomic mass is 79.9. The van der Waals surface area contributed by atoms with Gasteiger partial charge in [-0.2, -0.15) is 0 Å². The first-order valence-corrected chi connectivity index (χ1v) is 9.90. The summed E-state index contributed by atoms with van der Waals surface area (Å²) < 4.78 is 6.37. The van der Waals surface area contributed by atoms with Crippen LogP contribution < -0.4 is 4.90 Å². The molecule has 0 atom stereocenters. The van der Waals surface area contributed by atoms with Crippen LogP contribution in [0.25, 0.3) is 5.57 Å². The van der Waals surface area contributed by atoms with E-state index in [9.17, 15) is 9.59 Å². The molecular formula is C17H17BrN2O3S2. The molecule has 132 valence electrons. The van der Waals surface area contributed by atoms with Crippen LogP contribution in [0.5, 0.6) is 0 Å². The zero-order valence-electron chi connectivity index (χ0n) is 13.9. The third kappa shape index (κ3) is 3.28. The van der Waals surface area contributed by atoms with Crippen LogP contribution in [0.15, 0.2) is 27.6 Å². The van der Waals surface area contributed by atoms with E-state index in [0.29, 0.717) is 34.5 Å². The summed E-state index contributed by atoms with van der Waals surface area (Å²) in [5.74, 6) is -0.359. The lowest BCUT2D eigenvalue weighted by molar-refractivity contribution is -0.123. The Balaban J connectivity index is 2.09. The minimum Gasteiger partial charge on any atom is -0.383 e. The Kier molecular flexibility index (Phi) is 5.62. The Morgan fingerprint density at radius 3 is 2.64 bits per heavy atom. The van der Waals surface area contributed by atoms with Crippen LogP contribution >= 0.6 is 39.9 Å². The molecule has 0 aromatic heterocycles. The highest BCUT2D eigenvalue weighted by Crippen LogP contribution is 2.45. The first kappa shape index (κ1) is 18.6. The van der Waals surface area contributed by atoms with E-state index in [4.69, 9.17) is 17.0 Å². The number of thiocarbonyl (C=S) groups is 1. The fraction of sp³-hybridized carbons (Fsp3) is 0.353. The summed E-state index contributed by atoms with van der Waals surface area (Å²) in [6.07, 6.45) is 0.837. The Morgan fingerprint density at radius 2 is 1.96 bits per heavy atom. The molecule has 2 aliphatic heterocycles. The van der Waals surface area contributed by atoms with Crippen LogP contribution in [0.1, 0.15) is 18.9 Å². The van der Waals surface area contributed by atoms with E-state index in [-0.39, 0.29) is 11.8 Å². The molecule has 0 bridgehead atoms. The third-order valence-corrected chi connectivity index (χ3v) is 5.96. The number of rotatable bonds is 5. The van der Waals surface area contributed by atoms with E-state index in [1.54, 1.807) is 12.0 Å². The molecule has 3 rings (SSSR count). The lowest BCUT2D eigenvalue weighted by Gasteiger charge is -2.15. The number of ether oxygens (including phenoxy) is 1. The number of carbonyl (C=O) groups excluding carboxylic acids is 2. The molecule has 0 N–H and O–H groups in total. The average molecular weight is 441 g/mol. The molecule has 1 aromatic carbocycles. The summed E-state index contributed by atoms with van der Waals surface area (Å²) in [6.45, 7) is 3.41. The summed E-state index contributed by atoms with van der Waals surface area (Å²) in [5.41, 5.74) is 2.06. The molecule has 2 heterocycles.